The van der Waals surface area contributed by atoms with E-state index in [2.05, 4.69) is 9.72 Å². The molecule has 2 aromatic carbocycles. The van der Waals surface area contributed by atoms with Crippen molar-refractivity contribution in [2.24, 2.45) is 0 Å². The Bertz CT molecular complexity index is 861. The van der Waals surface area contributed by atoms with Gasteiger partial charge in [0.05, 0.1) is 11.2 Å². The second-order valence-electron chi connectivity index (χ2n) is 4.88. The molecule has 0 saturated heterocycles. The molecule has 1 heterocycles. The first-order valence-corrected chi connectivity index (χ1v) is 6.65. The minimum absolute atomic E-state index is 0.214. The lowest BCUT2D eigenvalue weighted by atomic mass is 10.0. The summed E-state index contributed by atoms with van der Waals surface area (Å²) in [5.74, 6) is -0.0992. The predicted molar refractivity (Wildman–Crippen MR) is 82.7 cm³/mol. The average Bonchev–Trinajstić information content (AvgIpc) is 2.47. The summed E-state index contributed by atoms with van der Waals surface area (Å²) in [7, 11) is 0. The second-order valence-corrected chi connectivity index (χ2v) is 4.88. The fourth-order valence-corrected chi connectivity index (χ4v) is 2.38. The van der Waals surface area contributed by atoms with Crippen LogP contribution in [0.4, 0.5) is 24.7 Å². The number of para-hydroxylation sites is 1. The first-order valence-electron chi connectivity index (χ1n) is 6.65. The van der Waals surface area contributed by atoms with Crippen molar-refractivity contribution >= 4 is 22.4 Å². The van der Waals surface area contributed by atoms with E-state index in [1.807, 2.05) is 18.2 Å². The Labute approximate surface area is 129 Å². The summed E-state index contributed by atoms with van der Waals surface area (Å²) in [6.45, 7) is 0. The van der Waals surface area contributed by atoms with E-state index in [0.29, 0.717) is 22.3 Å². The van der Waals surface area contributed by atoms with Crippen LogP contribution in [0.3, 0.4) is 0 Å². The van der Waals surface area contributed by atoms with Crippen LogP contribution in [-0.2, 0) is 0 Å². The monoisotopic (exact) mass is 319 g/mol. The molecule has 1 aromatic heterocycles. The molecule has 0 aliphatic carbocycles. The van der Waals surface area contributed by atoms with Crippen LogP contribution in [0.2, 0.25) is 0 Å². The summed E-state index contributed by atoms with van der Waals surface area (Å²) < 4.78 is 40.4. The number of pyridine rings is 1. The molecule has 0 aliphatic heterocycles. The molecule has 0 saturated carbocycles. The number of hydrogen-bond acceptors (Lipinski definition) is 4. The normalized spacial score (nSPS) is 11.6. The molecular formula is C16H12F3N3O. The highest BCUT2D eigenvalue weighted by atomic mass is 19.4. The maximum Gasteiger partial charge on any atom is 0.573 e. The van der Waals surface area contributed by atoms with Gasteiger partial charge in [-0.05, 0) is 23.8 Å². The van der Waals surface area contributed by atoms with E-state index in [1.54, 1.807) is 6.07 Å². The number of fused-ring (bicyclic) bond motifs is 1. The van der Waals surface area contributed by atoms with Gasteiger partial charge in [-0.2, -0.15) is 0 Å². The van der Waals surface area contributed by atoms with Gasteiger partial charge in [-0.25, -0.2) is 4.98 Å². The van der Waals surface area contributed by atoms with Crippen molar-refractivity contribution in [3.05, 3.63) is 48.5 Å². The first kappa shape index (κ1) is 15.0. The molecule has 118 valence electrons. The van der Waals surface area contributed by atoms with Gasteiger partial charge in [-0.1, -0.05) is 30.3 Å². The van der Waals surface area contributed by atoms with Crippen LogP contribution >= 0.6 is 0 Å². The number of alkyl halides is 3. The summed E-state index contributed by atoms with van der Waals surface area (Å²) in [6.07, 6.45) is -4.73. The number of rotatable bonds is 2. The molecule has 0 radical (unpaired) electrons. The van der Waals surface area contributed by atoms with Crippen molar-refractivity contribution in [3.63, 3.8) is 0 Å². The molecule has 0 atom stereocenters. The van der Waals surface area contributed by atoms with Crippen molar-refractivity contribution in [1.82, 2.24) is 4.98 Å². The summed E-state index contributed by atoms with van der Waals surface area (Å²) in [5.41, 5.74) is 14.3. The molecule has 0 spiro atoms. The van der Waals surface area contributed by atoms with E-state index < -0.39 is 6.36 Å². The van der Waals surface area contributed by atoms with Crippen LogP contribution in [0, 0.1) is 0 Å². The highest BCUT2D eigenvalue weighted by molar-refractivity contribution is 6.02. The lowest BCUT2D eigenvalue weighted by Gasteiger charge is -2.13. The van der Waals surface area contributed by atoms with E-state index in [-0.39, 0.29) is 11.6 Å². The lowest BCUT2D eigenvalue weighted by Crippen LogP contribution is -2.16. The Morgan fingerprint density at radius 1 is 0.913 bits per heavy atom. The van der Waals surface area contributed by atoms with E-state index in [4.69, 9.17) is 11.5 Å². The number of halogens is 3. The molecule has 0 amide bonds. The summed E-state index contributed by atoms with van der Waals surface area (Å²) in [4.78, 5) is 4.28. The Hall–Kier alpha value is -2.96. The third-order valence-electron chi connectivity index (χ3n) is 3.34. The predicted octanol–water partition coefficient (Wildman–Crippen LogP) is 3.96. The topological polar surface area (TPSA) is 74.2 Å². The highest BCUT2D eigenvalue weighted by Crippen LogP contribution is 2.36. The number of ether oxygens (including phenoxy) is 1. The number of benzene rings is 2. The molecule has 23 heavy (non-hydrogen) atoms. The van der Waals surface area contributed by atoms with Crippen molar-refractivity contribution in [3.8, 4) is 16.9 Å². The van der Waals surface area contributed by atoms with E-state index in [0.717, 1.165) is 5.39 Å². The number of hydrogen-bond donors (Lipinski definition) is 2. The Morgan fingerprint density at radius 3 is 2.22 bits per heavy atom. The van der Waals surface area contributed by atoms with E-state index >= 15 is 0 Å². The third-order valence-corrected chi connectivity index (χ3v) is 3.34. The number of nitrogens with two attached hydrogens (primary N) is 2. The van der Waals surface area contributed by atoms with Gasteiger partial charge in [0, 0.05) is 10.9 Å². The molecule has 4 nitrogen and oxygen atoms in total. The Balaban J connectivity index is 2.06. The SMILES string of the molecule is Nc1nc2ccccc2c(N)c1-c1ccc(OC(F)(F)F)cc1. The molecule has 3 aromatic rings. The molecule has 3 rings (SSSR count). The van der Waals surface area contributed by atoms with Gasteiger partial charge < -0.3 is 16.2 Å². The van der Waals surface area contributed by atoms with Gasteiger partial charge >= 0.3 is 6.36 Å². The summed E-state index contributed by atoms with van der Waals surface area (Å²) in [6, 6.07) is 12.6. The van der Waals surface area contributed by atoms with Crippen LogP contribution in [0.25, 0.3) is 22.0 Å². The van der Waals surface area contributed by atoms with Crippen LogP contribution in [0.15, 0.2) is 48.5 Å². The highest BCUT2D eigenvalue weighted by Gasteiger charge is 2.31. The van der Waals surface area contributed by atoms with Crippen molar-refractivity contribution in [2.45, 2.75) is 6.36 Å². The smallest absolute Gasteiger partial charge is 0.406 e. The van der Waals surface area contributed by atoms with Gasteiger partial charge in [0.15, 0.2) is 0 Å². The number of aromatic nitrogens is 1. The van der Waals surface area contributed by atoms with Gasteiger partial charge in [0.1, 0.15) is 11.6 Å². The van der Waals surface area contributed by atoms with Crippen LogP contribution in [-0.4, -0.2) is 11.3 Å². The van der Waals surface area contributed by atoms with E-state index in [9.17, 15) is 13.2 Å². The molecular weight excluding hydrogens is 307 g/mol. The van der Waals surface area contributed by atoms with Crippen molar-refractivity contribution in [1.29, 1.82) is 0 Å². The lowest BCUT2D eigenvalue weighted by molar-refractivity contribution is -0.274. The molecule has 0 aliphatic rings. The molecule has 4 N–H and O–H groups in total. The number of nitrogens with zero attached hydrogens (tertiary/aromatic N) is 1. The standard InChI is InChI=1S/C16H12F3N3O/c17-16(18,19)23-10-7-5-9(6-8-10)13-14(20)11-3-1-2-4-12(11)22-15(13)21/h1-8H,(H4,20,21,22). The van der Waals surface area contributed by atoms with E-state index in [1.165, 1.54) is 24.3 Å². The molecule has 0 bridgehead atoms. The Kier molecular flexibility index (Phi) is 3.48. The summed E-state index contributed by atoms with van der Waals surface area (Å²) >= 11 is 0. The molecule has 0 unspecified atom stereocenters. The number of anilines is 2. The van der Waals surface area contributed by atoms with Gasteiger partial charge in [0.25, 0.3) is 0 Å². The van der Waals surface area contributed by atoms with Gasteiger partial charge in [-0.15, -0.1) is 13.2 Å². The maximum atomic E-state index is 12.2. The zero-order valence-corrected chi connectivity index (χ0v) is 11.8. The van der Waals surface area contributed by atoms with Gasteiger partial charge in [0.2, 0.25) is 0 Å². The first-order chi connectivity index (χ1) is 10.8. The largest absolute Gasteiger partial charge is 0.573 e. The molecule has 7 heteroatoms. The maximum absolute atomic E-state index is 12.2. The minimum atomic E-state index is -4.73. The zero-order valence-electron chi connectivity index (χ0n) is 11.8. The summed E-state index contributed by atoms with van der Waals surface area (Å²) in [5, 5.41) is 0.729. The average molecular weight is 319 g/mol. The Morgan fingerprint density at radius 2 is 1.57 bits per heavy atom. The van der Waals surface area contributed by atoms with Gasteiger partial charge in [-0.3, -0.25) is 0 Å². The van der Waals surface area contributed by atoms with Crippen molar-refractivity contribution in [2.75, 3.05) is 11.5 Å². The third kappa shape index (κ3) is 2.98. The van der Waals surface area contributed by atoms with Crippen LogP contribution in [0.1, 0.15) is 0 Å². The van der Waals surface area contributed by atoms with Crippen LogP contribution in [0.5, 0.6) is 5.75 Å². The minimum Gasteiger partial charge on any atom is -0.406 e. The fourth-order valence-electron chi connectivity index (χ4n) is 2.38. The second kappa shape index (κ2) is 5.35. The quantitative estimate of drug-likeness (QED) is 0.749. The number of nitrogen functional groups attached to an aromatic ring is 2. The zero-order chi connectivity index (χ0) is 16.6. The van der Waals surface area contributed by atoms with Crippen LogP contribution < -0.4 is 16.2 Å². The van der Waals surface area contributed by atoms with Crippen molar-refractivity contribution < 1.29 is 17.9 Å². The fraction of sp³-hybridized carbons (Fsp3) is 0.0625. The molecule has 0 fully saturated rings.